The fourth-order valence-electron chi connectivity index (χ4n) is 4.78. The number of ether oxygens (including phenoxy) is 2. The minimum absolute atomic E-state index is 0.580. The largest absolute Gasteiger partial charge is 0.496 e. The Morgan fingerprint density at radius 3 is 2.72 bits per heavy atom. The van der Waals surface area contributed by atoms with Crippen molar-refractivity contribution in [1.29, 1.82) is 0 Å². The van der Waals surface area contributed by atoms with Crippen LogP contribution < -0.4 is 10.1 Å². The summed E-state index contributed by atoms with van der Waals surface area (Å²) in [6.45, 7) is 4.81. The molecule has 2 heterocycles. The first-order valence-corrected chi connectivity index (χ1v) is 11.4. The van der Waals surface area contributed by atoms with Crippen LogP contribution >= 0.6 is 0 Å². The van der Waals surface area contributed by atoms with Gasteiger partial charge in [-0.15, -0.1) is 0 Å². The average Bonchev–Trinajstić information content (AvgIpc) is 3.42. The molecule has 5 nitrogen and oxygen atoms in total. The molecular weight excluding hydrogens is 362 g/mol. The van der Waals surface area contributed by atoms with Gasteiger partial charge < -0.3 is 19.7 Å². The van der Waals surface area contributed by atoms with E-state index in [1.54, 1.807) is 7.11 Å². The van der Waals surface area contributed by atoms with E-state index in [-0.39, 0.29) is 0 Å². The molecule has 1 aromatic carbocycles. The van der Waals surface area contributed by atoms with Crippen molar-refractivity contribution in [2.75, 3.05) is 38.7 Å². The first kappa shape index (κ1) is 19.1. The van der Waals surface area contributed by atoms with Crippen LogP contribution in [0.15, 0.2) is 12.1 Å². The molecule has 0 atom stereocenters. The van der Waals surface area contributed by atoms with Crippen molar-refractivity contribution in [2.24, 2.45) is 0 Å². The highest BCUT2D eigenvalue weighted by Gasteiger charge is 2.26. The Morgan fingerprint density at radius 2 is 1.93 bits per heavy atom. The highest BCUT2D eigenvalue weighted by Crippen LogP contribution is 2.39. The number of rotatable bonds is 8. The van der Waals surface area contributed by atoms with E-state index in [9.17, 15) is 0 Å². The standard InChI is InChI=1S/C24H33N3O2/c1-28-23-15-20-22(14-17(23)16-29-13-12-27-10-4-5-11-27)26-21-7-3-2-6-19(21)24(20)25-18-8-9-18/h14-15,18H,2-13,16H2,1H3,(H,25,26). The smallest absolute Gasteiger partial charge is 0.125 e. The topological polar surface area (TPSA) is 46.6 Å². The molecule has 5 rings (SSSR count). The van der Waals surface area contributed by atoms with Gasteiger partial charge >= 0.3 is 0 Å². The fraction of sp³-hybridized carbons (Fsp3) is 0.625. The zero-order valence-corrected chi connectivity index (χ0v) is 17.6. The van der Waals surface area contributed by atoms with Crippen LogP contribution in [0, 0.1) is 0 Å². The highest BCUT2D eigenvalue weighted by atomic mass is 16.5. The summed E-state index contributed by atoms with van der Waals surface area (Å²) in [4.78, 5) is 7.56. The maximum atomic E-state index is 6.03. The monoisotopic (exact) mass is 395 g/mol. The van der Waals surface area contributed by atoms with Gasteiger partial charge in [0, 0.05) is 34.9 Å². The van der Waals surface area contributed by atoms with Crippen molar-refractivity contribution in [3.8, 4) is 5.75 Å². The Kier molecular flexibility index (Phi) is 5.60. The van der Waals surface area contributed by atoms with Crippen LogP contribution in [0.25, 0.3) is 10.9 Å². The van der Waals surface area contributed by atoms with Gasteiger partial charge in [-0.25, -0.2) is 0 Å². The van der Waals surface area contributed by atoms with E-state index in [4.69, 9.17) is 14.5 Å². The van der Waals surface area contributed by atoms with Crippen LogP contribution in [0.4, 0.5) is 5.69 Å². The molecule has 0 bridgehead atoms. The Balaban J connectivity index is 1.40. The maximum absolute atomic E-state index is 6.03. The van der Waals surface area contributed by atoms with Crippen molar-refractivity contribution in [3.05, 3.63) is 29.0 Å². The van der Waals surface area contributed by atoms with Gasteiger partial charge in [0.2, 0.25) is 0 Å². The Hall–Kier alpha value is -1.85. The summed E-state index contributed by atoms with van der Waals surface area (Å²) >= 11 is 0. The molecule has 0 unspecified atom stereocenters. The Morgan fingerprint density at radius 1 is 1.10 bits per heavy atom. The van der Waals surface area contributed by atoms with Crippen molar-refractivity contribution in [3.63, 3.8) is 0 Å². The normalized spacial score (nSPS) is 19.5. The van der Waals surface area contributed by atoms with E-state index in [2.05, 4.69) is 22.3 Å². The van der Waals surface area contributed by atoms with Gasteiger partial charge in [0.1, 0.15) is 5.75 Å². The summed E-state index contributed by atoms with van der Waals surface area (Å²) in [6, 6.07) is 5.00. The summed E-state index contributed by atoms with van der Waals surface area (Å²) in [7, 11) is 1.76. The molecule has 5 heteroatoms. The molecule has 0 spiro atoms. The molecular formula is C24H33N3O2. The number of benzene rings is 1. The number of pyridine rings is 1. The number of anilines is 1. The number of nitrogens with one attached hydrogen (secondary N) is 1. The first-order valence-electron chi connectivity index (χ1n) is 11.4. The minimum atomic E-state index is 0.580. The lowest BCUT2D eigenvalue weighted by Crippen LogP contribution is -2.23. The SMILES string of the molecule is COc1cc2c(NC3CC3)c3c(nc2cc1COCCN1CCCC1)CCCC3. The molecule has 1 saturated heterocycles. The van der Waals surface area contributed by atoms with Crippen LogP contribution in [0.3, 0.4) is 0 Å². The number of fused-ring (bicyclic) bond motifs is 2. The van der Waals surface area contributed by atoms with Gasteiger partial charge in [0.05, 0.1) is 25.8 Å². The van der Waals surface area contributed by atoms with E-state index in [1.807, 2.05) is 0 Å². The molecule has 2 fully saturated rings. The third-order valence-corrected chi connectivity index (χ3v) is 6.60. The molecule has 1 saturated carbocycles. The molecule has 3 aliphatic rings. The quantitative estimate of drug-likeness (QED) is 0.675. The van der Waals surface area contributed by atoms with Crippen molar-refractivity contribution < 1.29 is 9.47 Å². The van der Waals surface area contributed by atoms with Crippen LogP contribution in [-0.4, -0.2) is 49.3 Å². The summed E-state index contributed by atoms with van der Waals surface area (Å²) in [6.07, 6.45) is 9.95. The van der Waals surface area contributed by atoms with Gasteiger partial charge in [-0.2, -0.15) is 0 Å². The van der Waals surface area contributed by atoms with E-state index < -0.39 is 0 Å². The van der Waals surface area contributed by atoms with Gasteiger partial charge in [-0.1, -0.05) is 0 Å². The molecule has 29 heavy (non-hydrogen) atoms. The summed E-state index contributed by atoms with van der Waals surface area (Å²) in [5.74, 6) is 0.912. The second-order valence-electron chi connectivity index (χ2n) is 8.82. The molecule has 1 N–H and O–H groups in total. The van der Waals surface area contributed by atoms with Gasteiger partial charge in [0.25, 0.3) is 0 Å². The lowest BCUT2D eigenvalue weighted by molar-refractivity contribution is 0.0979. The second-order valence-corrected chi connectivity index (χ2v) is 8.82. The Labute approximate surface area is 173 Å². The van der Waals surface area contributed by atoms with E-state index >= 15 is 0 Å². The van der Waals surface area contributed by atoms with Gasteiger partial charge in [0.15, 0.2) is 0 Å². The number of aryl methyl sites for hydroxylation is 1. The number of methoxy groups -OCH3 is 1. The predicted molar refractivity (Wildman–Crippen MR) is 117 cm³/mol. The van der Waals surface area contributed by atoms with Crippen LogP contribution in [0.5, 0.6) is 5.75 Å². The number of nitrogens with zero attached hydrogens (tertiary/aromatic N) is 2. The molecule has 156 valence electrons. The highest BCUT2D eigenvalue weighted by molar-refractivity contribution is 5.95. The molecule has 2 aliphatic carbocycles. The lowest BCUT2D eigenvalue weighted by atomic mass is 9.92. The van der Waals surface area contributed by atoms with Crippen molar-refractivity contribution in [1.82, 2.24) is 9.88 Å². The van der Waals surface area contributed by atoms with Crippen LogP contribution in [0.2, 0.25) is 0 Å². The second kappa shape index (κ2) is 8.49. The molecule has 1 aliphatic heterocycles. The number of aromatic nitrogens is 1. The summed E-state index contributed by atoms with van der Waals surface area (Å²) in [5, 5.41) is 5.01. The number of hydrogen-bond acceptors (Lipinski definition) is 5. The van der Waals surface area contributed by atoms with E-state index in [1.165, 1.54) is 73.9 Å². The van der Waals surface area contributed by atoms with Crippen LogP contribution in [0.1, 0.15) is 55.3 Å². The summed E-state index contributed by atoms with van der Waals surface area (Å²) < 4.78 is 11.8. The zero-order valence-electron chi connectivity index (χ0n) is 17.6. The zero-order chi connectivity index (χ0) is 19.6. The predicted octanol–water partition coefficient (Wildman–Crippen LogP) is 4.31. The number of likely N-dealkylation sites (tertiary alicyclic amines) is 1. The first-order chi connectivity index (χ1) is 14.3. The molecule has 0 radical (unpaired) electrons. The third kappa shape index (κ3) is 4.22. The van der Waals surface area contributed by atoms with Crippen molar-refractivity contribution in [2.45, 2.75) is 64.0 Å². The van der Waals surface area contributed by atoms with Gasteiger partial charge in [-0.3, -0.25) is 4.98 Å². The van der Waals surface area contributed by atoms with Crippen LogP contribution in [-0.2, 0) is 24.2 Å². The average molecular weight is 396 g/mol. The maximum Gasteiger partial charge on any atom is 0.125 e. The molecule has 0 amide bonds. The fourth-order valence-corrected chi connectivity index (χ4v) is 4.78. The van der Waals surface area contributed by atoms with Crippen molar-refractivity contribution >= 4 is 16.6 Å². The Bertz CT molecular complexity index is 872. The van der Waals surface area contributed by atoms with E-state index in [0.29, 0.717) is 12.6 Å². The molecule has 1 aromatic heterocycles. The lowest BCUT2D eigenvalue weighted by Gasteiger charge is -2.22. The minimum Gasteiger partial charge on any atom is -0.496 e. The number of hydrogen-bond donors (Lipinski definition) is 1. The van der Waals surface area contributed by atoms with E-state index in [0.717, 1.165) is 42.8 Å². The molecule has 2 aromatic rings. The third-order valence-electron chi connectivity index (χ3n) is 6.60. The summed E-state index contributed by atoms with van der Waals surface area (Å²) in [5.41, 5.74) is 6.21. The van der Waals surface area contributed by atoms with Gasteiger partial charge in [-0.05, 0) is 82.2 Å².